The lowest BCUT2D eigenvalue weighted by Gasteiger charge is -2.09. The predicted octanol–water partition coefficient (Wildman–Crippen LogP) is 5.96. The summed E-state index contributed by atoms with van der Waals surface area (Å²) in [5.74, 6) is 1.78. The molecule has 1 heterocycles. The number of ether oxygens (including phenoxy) is 1. The van der Waals surface area contributed by atoms with Crippen LogP contribution in [0.2, 0.25) is 0 Å². The minimum absolute atomic E-state index is 0.103. The van der Waals surface area contributed by atoms with Crippen molar-refractivity contribution < 1.29 is 9.84 Å². The molecule has 0 unspecified atom stereocenters. The third-order valence-electron chi connectivity index (χ3n) is 4.86. The van der Waals surface area contributed by atoms with Crippen molar-refractivity contribution in [3.63, 3.8) is 0 Å². The Morgan fingerprint density at radius 3 is 2.34 bits per heavy atom. The topological polar surface area (TPSA) is 68.1 Å². The van der Waals surface area contributed by atoms with Gasteiger partial charge in [0.05, 0.1) is 12.2 Å². The van der Waals surface area contributed by atoms with E-state index >= 15 is 0 Å². The van der Waals surface area contributed by atoms with Gasteiger partial charge in [-0.2, -0.15) is 0 Å². The first-order valence-electron chi connectivity index (χ1n) is 10.4. The van der Waals surface area contributed by atoms with Gasteiger partial charge in [-0.3, -0.25) is 0 Å². The van der Waals surface area contributed by atoms with Gasteiger partial charge in [-0.05, 0) is 25.5 Å². The van der Waals surface area contributed by atoms with E-state index in [2.05, 4.69) is 21.9 Å². The highest BCUT2D eigenvalue weighted by Crippen LogP contribution is 2.31. The lowest BCUT2D eigenvalue weighted by molar-refractivity contribution is 0.303. The number of rotatable bonds is 10. The van der Waals surface area contributed by atoms with Crippen LogP contribution in [0.15, 0.2) is 48.8 Å². The van der Waals surface area contributed by atoms with Gasteiger partial charge < -0.3 is 9.84 Å². The van der Waals surface area contributed by atoms with Crippen LogP contribution < -0.4 is 4.74 Å². The second-order valence-electron chi connectivity index (χ2n) is 7.29. The Morgan fingerprint density at radius 2 is 1.59 bits per heavy atom. The van der Waals surface area contributed by atoms with Crippen molar-refractivity contribution in [3.8, 4) is 34.3 Å². The number of hydrogen-bond acceptors (Lipinski definition) is 5. The largest absolute Gasteiger partial charge is 0.507 e. The Hall–Kier alpha value is -2.95. The summed E-state index contributed by atoms with van der Waals surface area (Å²) in [5, 5.41) is 10.5. The molecular weight excluding hydrogens is 362 g/mol. The molecule has 3 rings (SSSR count). The first-order valence-corrected chi connectivity index (χ1v) is 10.4. The minimum atomic E-state index is 0.103. The monoisotopic (exact) mass is 391 g/mol. The van der Waals surface area contributed by atoms with Crippen LogP contribution in [-0.4, -0.2) is 26.7 Å². The van der Waals surface area contributed by atoms with Gasteiger partial charge in [0.25, 0.3) is 0 Å². The summed E-state index contributed by atoms with van der Waals surface area (Å²) in [4.78, 5) is 13.0. The Labute approximate surface area is 172 Å². The summed E-state index contributed by atoms with van der Waals surface area (Å²) in [5.41, 5.74) is 2.66. The van der Waals surface area contributed by atoms with E-state index in [0.29, 0.717) is 29.6 Å². The van der Waals surface area contributed by atoms with Crippen LogP contribution in [0.3, 0.4) is 0 Å². The van der Waals surface area contributed by atoms with E-state index in [4.69, 9.17) is 4.74 Å². The SMILES string of the molecule is CCCCCCCCOc1ccc(-c2ncnc(-c3ccc(C)cc3)n2)c(O)c1. The normalized spacial score (nSPS) is 10.8. The number of nitrogens with zero attached hydrogens (tertiary/aromatic N) is 3. The number of phenolic OH excluding ortho intramolecular Hbond substituents is 1. The van der Waals surface area contributed by atoms with Gasteiger partial charge in [0, 0.05) is 11.6 Å². The van der Waals surface area contributed by atoms with Crippen LogP contribution in [-0.2, 0) is 0 Å². The van der Waals surface area contributed by atoms with Crippen LogP contribution in [0.5, 0.6) is 11.5 Å². The van der Waals surface area contributed by atoms with Crippen LogP contribution in [0.4, 0.5) is 0 Å². The molecule has 1 aromatic heterocycles. The molecule has 0 aliphatic rings. The maximum absolute atomic E-state index is 10.5. The van der Waals surface area contributed by atoms with Gasteiger partial charge in [0.2, 0.25) is 0 Å². The smallest absolute Gasteiger partial charge is 0.167 e. The van der Waals surface area contributed by atoms with Crippen molar-refractivity contribution in [2.24, 2.45) is 0 Å². The van der Waals surface area contributed by atoms with Crippen LogP contribution in [0.1, 0.15) is 51.0 Å². The summed E-state index contributed by atoms with van der Waals surface area (Å²) in [6, 6.07) is 13.3. The van der Waals surface area contributed by atoms with Crippen molar-refractivity contribution in [1.29, 1.82) is 0 Å². The Morgan fingerprint density at radius 1 is 0.862 bits per heavy atom. The zero-order valence-corrected chi connectivity index (χ0v) is 17.3. The van der Waals surface area contributed by atoms with Gasteiger partial charge in [-0.15, -0.1) is 0 Å². The van der Waals surface area contributed by atoms with Crippen molar-refractivity contribution >= 4 is 0 Å². The molecule has 0 aliphatic carbocycles. The molecule has 152 valence electrons. The molecule has 0 amide bonds. The van der Waals surface area contributed by atoms with Gasteiger partial charge >= 0.3 is 0 Å². The summed E-state index contributed by atoms with van der Waals surface area (Å²) in [6.07, 6.45) is 8.79. The van der Waals surface area contributed by atoms with Gasteiger partial charge in [-0.1, -0.05) is 68.9 Å². The highest BCUT2D eigenvalue weighted by molar-refractivity contribution is 5.67. The zero-order chi connectivity index (χ0) is 20.5. The maximum Gasteiger partial charge on any atom is 0.167 e. The van der Waals surface area contributed by atoms with E-state index in [9.17, 15) is 5.11 Å². The molecule has 0 saturated carbocycles. The Balaban J connectivity index is 1.63. The van der Waals surface area contributed by atoms with E-state index in [0.717, 1.165) is 12.0 Å². The number of benzene rings is 2. The standard InChI is InChI=1S/C24H29N3O2/c1-3-4-5-6-7-8-15-29-20-13-14-21(22(28)16-20)24-26-17-25-23(27-24)19-11-9-18(2)10-12-19/h9-14,16-17,28H,3-8,15H2,1-2H3. The van der Waals surface area contributed by atoms with E-state index in [1.165, 1.54) is 44.0 Å². The average Bonchev–Trinajstić information content (AvgIpc) is 2.74. The number of aromatic hydroxyl groups is 1. The average molecular weight is 392 g/mol. The number of hydrogen-bond donors (Lipinski definition) is 1. The van der Waals surface area contributed by atoms with Crippen LogP contribution in [0, 0.1) is 6.92 Å². The van der Waals surface area contributed by atoms with Crippen molar-refractivity contribution in [3.05, 3.63) is 54.4 Å². The molecule has 2 aromatic carbocycles. The molecule has 3 aromatic rings. The third kappa shape index (κ3) is 6.01. The Bertz CT molecular complexity index is 910. The molecule has 1 N–H and O–H groups in total. The fourth-order valence-electron chi connectivity index (χ4n) is 3.13. The maximum atomic E-state index is 10.5. The molecule has 0 radical (unpaired) electrons. The van der Waals surface area contributed by atoms with Gasteiger partial charge in [-0.25, -0.2) is 15.0 Å². The van der Waals surface area contributed by atoms with Crippen molar-refractivity contribution in [2.45, 2.75) is 52.4 Å². The summed E-state index contributed by atoms with van der Waals surface area (Å²) in [6.45, 7) is 4.92. The summed E-state index contributed by atoms with van der Waals surface area (Å²) >= 11 is 0. The van der Waals surface area contributed by atoms with E-state index in [1.807, 2.05) is 37.3 Å². The van der Waals surface area contributed by atoms with Crippen molar-refractivity contribution in [1.82, 2.24) is 15.0 Å². The molecule has 0 fully saturated rings. The molecule has 5 heteroatoms. The van der Waals surface area contributed by atoms with Crippen molar-refractivity contribution in [2.75, 3.05) is 6.61 Å². The molecule has 29 heavy (non-hydrogen) atoms. The molecule has 0 bridgehead atoms. The Kier molecular flexibility index (Phi) is 7.56. The fraction of sp³-hybridized carbons (Fsp3) is 0.375. The minimum Gasteiger partial charge on any atom is -0.507 e. The zero-order valence-electron chi connectivity index (χ0n) is 17.3. The van der Waals surface area contributed by atoms with Gasteiger partial charge in [0.1, 0.15) is 17.8 Å². The predicted molar refractivity (Wildman–Crippen MR) is 116 cm³/mol. The molecule has 0 atom stereocenters. The first kappa shape index (κ1) is 20.8. The van der Waals surface area contributed by atoms with Crippen LogP contribution >= 0.6 is 0 Å². The highest BCUT2D eigenvalue weighted by Gasteiger charge is 2.11. The van der Waals surface area contributed by atoms with Crippen LogP contribution in [0.25, 0.3) is 22.8 Å². The van der Waals surface area contributed by atoms with E-state index < -0.39 is 0 Å². The third-order valence-corrected chi connectivity index (χ3v) is 4.86. The summed E-state index contributed by atoms with van der Waals surface area (Å²) < 4.78 is 5.78. The molecule has 5 nitrogen and oxygen atoms in total. The first-order chi connectivity index (χ1) is 14.2. The molecule has 0 aliphatic heterocycles. The molecule has 0 spiro atoms. The second-order valence-corrected chi connectivity index (χ2v) is 7.29. The van der Waals surface area contributed by atoms with Gasteiger partial charge in [0.15, 0.2) is 11.6 Å². The number of aromatic nitrogens is 3. The highest BCUT2D eigenvalue weighted by atomic mass is 16.5. The second kappa shape index (κ2) is 10.6. The lowest BCUT2D eigenvalue weighted by atomic mass is 10.1. The quantitative estimate of drug-likeness (QED) is 0.432. The van der Waals surface area contributed by atoms with E-state index in [-0.39, 0.29) is 5.75 Å². The fourth-order valence-corrected chi connectivity index (χ4v) is 3.13. The molecule has 0 saturated heterocycles. The number of unbranched alkanes of at least 4 members (excludes halogenated alkanes) is 5. The molecular formula is C24H29N3O2. The number of aryl methyl sites for hydroxylation is 1. The van der Waals surface area contributed by atoms with E-state index in [1.54, 1.807) is 12.1 Å². The lowest BCUT2D eigenvalue weighted by Crippen LogP contribution is -1.98. The number of phenols is 1. The summed E-state index contributed by atoms with van der Waals surface area (Å²) in [7, 11) is 0.